The van der Waals surface area contributed by atoms with E-state index in [1.807, 2.05) is 44.2 Å². The van der Waals surface area contributed by atoms with Gasteiger partial charge in [0.2, 0.25) is 0 Å². The number of aromatic amines is 1. The number of nitrogens with two attached hydrogens (primary N) is 1. The Hall–Kier alpha value is -2.91. The summed E-state index contributed by atoms with van der Waals surface area (Å²) in [4.78, 5) is 45.1. The van der Waals surface area contributed by atoms with Gasteiger partial charge in [0.1, 0.15) is 18.3 Å². The summed E-state index contributed by atoms with van der Waals surface area (Å²) in [6, 6.07) is 8.58. The first kappa shape index (κ1) is 26.3. The predicted molar refractivity (Wildman–Crippen MR) is 118 cm³/mol. The number of rotatable bonds is 9. The summed E-state index contributed by atoms with van der Waals surface area (Å²) >= 11 is 0. The third kappa shape index (κ3) is 7.87. The van der Waals surface area contributed by atoms with Crippen molar-refractivity contribution >= 4 is 17.8 Å². The number of hydrogen-bond acceptors (Lipinski definition) is 5. The Morgan fingerprint density at radius 2 is 1.85 bits per heavy atom. The molecule has 0 spiro atoms. The van der Waals surface area contributed by atoms with Gasteiger partial charge in [0.05, 0.1) is 19.4 Å². The van der Waals surface area contributed by atoms with E-state index in [9.17, 15) is 14.4 Å². The highest BCUT2D eigenvalue weighted by Gasteiger charge is 2.28. The molecule has 10 heteroatoms. The molecule has 1 aromatic heterocycles. The van der Waals surface area contributed by atoms with Crippen molar-refractivity contribution in [1.82, 2.24) is 20.6 Å². The maximum absolute atomic E-state index is 12.9. The average molecular weight is 478 g/mol. The zero-order valence-electron chi connectivity index (χ0n) is 19.0. The summed E-state index contributed by atoms with van der Waals surface area (Å²) < 4.78 is 5.42. The van der Waals surface area contributed by atoms with Crippen LogP contribution in [0.15, 0.2) is 36.7 Å². The van der Waals surface area contributed by atoms with Crippen LogP contribution in [0.4, 0.5) is 0 Å². The topological polar surface area (TPSA) is 130 Å². The first-order valence-electron chi connectivity index (χ1n) is 11.1. The van der Waals surface area contributed by atoms with Crippen LogP contribution in [0.25, 0.3) is 0 Å². The van der Waals surface area contributed by atoms with Crippen molar-refractivity contribution in [3.8, 4) is 0 Å². The highest BCUT2D eigenvalue weighted by atomic mass is 35.5. The molecule has 0 bridgehead atoms. The number of carbonyl (C=O) groups excluding carboxylic acids is 3. The lowest BCUT2D eigenvalue weighted by molar-refractivity contribution is -0.663. The fourth-order valence-electron chi connectivity index (χ4n) is 3.71. The molecule has 0 aliphatic carbocycles. The average Bonchev–Trinajstić information content (AvgIpc) is 3.28. The molecule has 2 aromatic rings. The van der Waals surface area contributed by atoms with Gasteiger partial charge in [-0.15, -0.1) is 0 Å². The molecule has 2 heterocycles. The van der Waals surface area contributed by atoms with E-state index in [4.69, 9.17) is 4.74 Å². The molecule has 1 saturated heterocycles. The number of nitrogens with one attached hydrogen (secondary N) is 3. The molecule has 2 amide bonds. The molecule has 1 aromatic carbocycles. The van der Waals surface area contributed by atoms with Crippen molar-refractivity contribution in [2.24, 2.45) is 5.92 Å². The van der Waals surface area contributed by atoms with Gasteiger partial charge in [-0.2, -0.15) is 0 Å². The molecule has 1 unspecified atom stereocenters. The molecular weight excluding hydrogens is 446 g/mol. The van der Waals surface area contributed by atoms with E-state index < -0.39 is 17.9 Å². The van der Waals surface area contributed by atoms with Crippen molar-refractivity contribution < 1.29 is 36.8 Å². The third-order valence-corrected chi connectivity index (χ3v) is 5.38. The van der Waals surface area contributed by atoms with Crippen molar-refractivity contribution in [1.29, 1.82) is 0 Å². The van der Waals surface area contributed by atoms with E-state index in [0.717, 1.165) is 31.5 Å². The van der Waals surface area contributed by atoms with Gasteiger partial charge in [0.15, 0.2) is 5.69 Å². The number of imidazole rings is 1. The molecule has 1 aliphatic heterocycles. The van der Waals surface area contributed by atoms with E-state index in [2.05, 4.69) is 25.9 Å². The second kappa shape index (κ2) is 13.0. The van der Waals surface area contributed by atoms with Crippen LogP contribution in [0.5, 0.6) is 0 Å². The first-order chi connectivity index (χ1) is 15.4. The lowest BCUT2D eigenvalue weighted by Crippen LogP contribution is -3.00. The summed E-state index contributed by atoms with van der Waals surface area (Å²) in [6.07, 6.45) is 3.48. The van der Waals surface area contributed by atoms with E-state index in [-0.39, 0.29) is 48.3 Å². The Balaban J connectivity index is 0.00000385. The molecule has 3 rings (SSSR count). The number of aromatic nitrogens is 2. The Morgan fingerprint density at radius 3 is 2.52 bits per heavy atom. The molecule has 0 saturated carbocycles. The SMILES string of the molecule is CC(C)CC(NC(=O)c1nc[nH]c1C(=O)NC1CC[NH2+]CC1)C(=O)OCc1ccccc1.[Cl-]. The summed E-state index contributed by atoms with van der Waals surface area (Å²) in [5, 5.41) is 7.88. The van der Waals surface area contributed by atoms with Gasteiger partial charge < -0.3 is 38.1 Å². The number of carbonyl (C=O) groups is 3. The second-order valence-electron chi connectivity index (χ2n) is 8.49. The van der Waals surface area contributed by atoms with Crippen LogP contribution in [-0.2, 0) is 16.1 Å². The number of piperidine rings is 1. The minimum atomic E-state index is -0.840. The highest BCUT2D eigenvalue weighted by Crippen LogP contribution is 2.11. The Kier molecular flexibility index (Phi) is 10.3. The Bertz CT molecular complexity index is 913. The van der Waals surface area contributed by atoms with Gasteiger partial charge in [-0.25, -0.2) is 9.78 Å². The summed E-state index contributed by atoms with van der Waals surface area (Å²) in [7, 11) is 0. The van der Waals surface area contributed by atoms with Crippen LogP contribution in [0.1, 0.15) is 59.7 Å². The van der Waals surface area contributed by atoms with E-state index in [1.165, 1.54) is 6.33 Å². The number of ether oxygens (including phenoxy) is 1. The van der Waals surface area contributed by atoms with Crippen molar-refractivity contribution in [2.45, 2.75) is 51.8 Å². The minimum Gasteiger partial charge on any atom is -1.00 e. The molecule has 9 nitrogen and oxygen atoms in total. The summed E-state index contributed by atoms with van der Waals surface area (Å²) in [5.41, 5.74) is 0.925. The van der Waals surface area contributed by atoms with Crippen LogP contribution >= 0.6 is 0 Å². The van der Waals surface area contributed by atoms with Crippen LogP contribution in [0, 0.1) is 5.92 Å². The number of halogens is 1. The zero-order valence-corrected chi connectivity index (χ0v) is 19.7. The maximum Gasteiger partial charge on any atom is 0.328 e. The number of nitrogens with zero attached hydrogens (tertiary/aromatic N) is 1. The molecule has 1 fully saturated rings. The highest BCUT2D eigenvalue weighted by molar-refractivity contribution is 6.05. The number of esters is 1. The van der Waals surface area contributed by atoms with Crippen LogP contribution in [-0.4, -0.2) is 52.9 Å². The number of hydrogen-bond donors (Lipinski definition) is 4. The fraction of sp³-hybridized carbons (Fsp3) is 0.478. The molecule has 33 heavy (non-hydrogen) atoms. The van der Waals surface area contributed by atoms with Gasteiger partial charge in [-0.3, -0.25) is 9.59 Å². The molecular formula is C23H32ClN5O4. The molecule has 1 atom stereocenters. The molecule has 180 valence electrons. The van der Waals surface area contributed by atoms with Gasteiger partial charge in [-0.1, -0.05) is 44.2 Å². The third-order valence-electron chi connectivity index (χ3n) is 5.38. The van der Waals surface area contributed by atoms with Gasteiger partial charge in [0, 0.05) is 18.9 Å². The van der Waals surface area contributed by atoms with E-state index in [1.54, 1.807) is 0 Å². The lowest BCUT2D eigenvalue weighted by Gasteiger charge is -2.21. The number of benzene rings is 1. The normalized spacial score (nSPS) is 14.8. The van der Waals surface area contributed by atoms with Crippen molar-refractivity contribution in [3.05, 3.63) is 53.6 Å². The largest absolute Gasteiger partial charge is 1.00 e. The number of quaternary nitrogens is 1. The van der Waals surface area contributed by atoms with Crippen LogP contribution in [0.3, 0.4) is 0 Å². The second-order valence-corrected chi connectivity index (χ2v) is 8.49. The summed E-state index contributed by atoms with van der Waals surface area (Å²) in [6.45, 7) is 5.96. The van der Waals surface area contributed by atoms with Crippen LogP contribution < -0.4 is 28.4 Å². The smallest absolute Gasteiger partial charge is 0.328 e. The molecule has 1 aliphatic rings. The minimum absolute atomic E-state index is 0. The first-order valence-corrected chi connectivity index (χ1v) is 11.1. The molecule has 0 radical (unpaired) electrons. The van der Waals surface area contributed by atoms with Crippen molar-refractivity contribution in [3.63, 3.8) is 0 Å². The van der Waals surface area contributed by atoms with E-state index in [0.29, 0.717) is 6.42 Å². The number of amides is 2. The quantitative estimate of drug-likeness (QED) is 0.303. The van der Waals surface area contributed by atoms with Crippen molar-refractivity contribution in [2.75, 3.05) is 13.1 Å². The zero-order chi connectivity index (χ0) is 22.9. The predicted octanol–water partition coefficient (Wildman–Crippen LogP) is -2.24. The Labute approximate surface area is 199 Å². The standard InChI is InChI=1S/C23H31N5O4.ClH/c1-15(2)12-18(23(31)32-13-16-6-4-3-5-7-16)28-22(30)20-19(25-14-26-20)21(29)27-17-8-10-24-11-9-17;/h3-7,14-15,17-18,24H,8-13H2,1-2H3,(H,25,26)(H,27,29)(H,28,30);1H. The van der Waals surface area contributed by atoms with E-state index >= 15 is 0 Å². The monoisotopic (exact) mass is 477 g/mol. The van der Waals surface area contributed by atoms with Crippen LogP contribution in [0.2, 0.25) is 0 Å². The number of H-pyrrole nitrogens is 1. The lowest BCUT2D eigenvalue weighted by atomic mass is 10.0. The van der Waals surface area contributed by atoms with Gasteiger partial charge in [0.25, 0.3) is 11.8 Å². The van der Waals surface area contributed by atoms with Gasteiger partial charge >= 0.3 is 5.97 Å². The Morgan fingerprint density at radius 1 is 1.15 bits per heavy atom. The fourth-order valence-corrected chi connectivity index (χ4v) is 3.71. The molecule has 5 N–H and O–H groups in total. The maximum atomic E-state index is 12.9. The van der Waals surface area contributed by atoms with Gasteiger partial charge in [-0.05, 0) is 17.9 Å². The summed E-state index contributed by atoms with van der Waals surface area (Å²) in [5.74, 6) is -1.33.